The number of nitrogens with one attached hydrogen (secondary N) is 1. The van der Waals surface area contributed by atoms with Crippen LogP contribution in [0, 0.1) is 0 Å². The number of amides is 1. The Balaban J connectivity index is 2.66. The molecule has 0 saturated carbocycles. The Hall–Kier alpha value is -2.30. The number of rotatable bonds is 7. The summed E-state index contributed by atoms with van der Waals surface area (Å²) in [5, 5.41) is 11.4. The van der Waals surface area contributed by atoms with Crippen molar-refractivity contribution in [3.8, 4) is 0 Å². The first-order chi connectivity index (χ1) is 9.13. The van der Waals surface area contributed by atoms with E-state index in [4.69, 9.17) is 9.84 Å². The fourth-order valence-corrected chi connectivity index (χ4v) is 1.59. The van der Waals surface area contributed by atoms with Crippen LogP contribution >= 0.6 is 0 Å². The van der Waals surface area contributed by atoms with Gasteiger partial charge in [0.15, 0.2) is 0 Å². The van der Waals surface area contributed by atoms with Crippen LogP contribution in [0.15, 0.2) is 43.0 Å². The molecule has 0 spiro atoms. The Kier molecular flexibility index (Phi) is 6.15. The molecule has 0 aliphatic rings. The quantitative estimate of drug-likeness (QED) is 0.741. The zero-order chi connectivity index (χ0) is 14.1. The van der Waals surface area contributed by atoms with Crippen molar-refractivity contribution in [1.82, 2.24) is 5.32 Å². The molecule has 0 fully saturated rings. The average molecular weight is 263 g/mol. The second-order valence-electron chi connectivity index (χ2n) is 3.93. The number of carboxylic acids is 1. The molecule has 5 heteroatoms. The van der Waals surface area contributed by atoms with Gasteiger partial charge in [0, 0.05) is 6.42 Å². The molecule has 0 saturated heterocycles. The highest BCUT2D eigenvalue weighted by Gasteiger charge is 2.16. The second-order valence-corrected chi connectivity index (χ2v) is 3.93. The van der Waals surface area contributed by atoms with E-state index in [-0.39, 0.29) is 19.1 Å². The molecule has 1 aromatic carbocycles. The van der Waals surface area contributed by atoms with Crippen molar-refractivity contribution >= 4 is 12.1 Å². The van der Waals surface area contributed by atoms with E-state index in [0.717, 1.165) is 5.56 Å². The summed E-state index contributed by atoms with van der Waals surface area (Å²) < 4.78 is 4.83. The van der Waals surface area contributed by atoms with Crippen LogP contribution in [0.25, 0.3) is 0 Å². The zero-order valence-corrected chi connectivity index (χ0v) is 10.5. The molecule has 1 aromatic rings. The van der Waals surface area contributed by atoms with Gasteiger partial charge in [0.2, 0.25) is 0 Å². The van der Waals surface area contributed by atoms with Gasteiger partial charge < -0.3 is 15.2 Å². The monoisotopic (exact) mass is 263 g/mol. The van der Waals surface area contributed by atoms with Gasteiger partial charge in [-0.15, -0.1) is 0 Å². The lowest BCUT2D eigenvalue weighted by atomic mass is 10.0. The van der Waals surface area contributed by atoms with Crippen molar-refractivity contribution < 1.29 is 19.4 Å². The summed E-state index contributed by atoms with van der Waals surface area (Å²) in [4.78, 5) is 22.1. The lowest BCUT2D eigenvalue weighted by Crippen LogP contribution is -2.29. The summed E-state index contributed by atoms with van der Waals surface area (Å²) in [5.41, 5.74) is 0.847. The maximum Gasteiger partial charge on any atom is 0.407 e. The van der Waals surface area contributed by atoms with E-state index < -0.39 is 12.1 Å². The normalized spacial score (nSPS) is 11.4. The zero-order valence-electron chi connectivity index (χ0n) is 10.5. The first-order valence-corrected chi connectivity index (χ1v) is 5.94. The van der Waals surface area contributed by atoms with Crippen molar-refractivity contribution in [3.05, 3.63) is 48.6 Å². The molecular formula is C14H17NO4. The third-order valence-corrected chi connectivity index (χ3v) is 2.47. The smallest absolute Gasteiger partial charge is 0.407 e. The fraction of sp³-hybridized carbons (Fsp3) is 0.286. The fourth-order valence-electron chi connectivity index (χ4n) is 1.59. The first-order valence-electron chi connectivity index (χ1n) is 5.94. The third kappa shape index (κ3) is 5.72. The number of carbonyl (C=O) groups is 2. The highest BCUT2D eigenvalue weighted by atomic mass is 16.5. The first kappa shape index (κ1) is 14.8. The van der Waals surface area contributed by atoms with Crippen LogP contribution in [0.2, 0.25) is 0 Å². The van der Waals surface area contributed by atoms with Crippen LogP contribution in [0.4, 0.5) is 4.79 Å². The number of carbonyl (C=O) groups excluding carboxylic acids is 1. The molecule has 0 aliphatic carbocycles. The Labute approximate surface area is 111 Å². The van der Waals surface area contributed by atoms with Gasteiger partial charge in [0.05, 0.1) is 6.04 Å². The van der Waals surface area contributed by atoms with E-state index in [2.05, 4.69) is 11.9 Å². The van der Waals surface area contributed by atoms with Gasteiger partial charge in [-0.3, -0.25) is 4.79 Å². The highest BCUT2D eigenvalue weighted by Crippen LogP contribution is 2.18. The molecule has 102 valence electrons. The Morgan fingerprint density at radius 3 is 2.63 bits per heavy atom. The second kappa shape index (κ2) is 7.92. The van der Waals surface area contributed by atoms with Crippen molar-refractivity contribution in [3.63, 3.8) is 0 Å². The molecule has 1 unspecified atom stereocenters. The van der Waals surface area contributed by atoms with E-state index in [1.807, 2.05) is 30.3 Å². The van der Waals surface area contributed by atoms with E-state index in [0.29, 0.717) is 6.42 Å². The van der Waals surface area contributed by atoms with Crippen molar-refractivity contribution in [1.29, 1.82) is 0 Å². The van der Waals surface area contributed by atoms with Crippen LogP contribution in [-0.4, -0.2) is 23.8 Å². The Bertz CT molecular complexity index is 430. The van der Waals surface area contributed by atoms with Gasteiger partial charge in [0.25, 0.3) is 0 Å². The highest BCUT2D eigenvalue weighted by molar-refractivity contribution is 5.69. The molecule has 0 bridgehead atoms. The molecule has 5 nitrogen and oxygen atoms in total. The van der Waals surface area contributed by atoms with Crippen molar-refractivity contribution in [2.45, 2.75) is 18.9 Å². The Morgan fingerprint density at radius 1 is 1.37 bits per heavy atom. The van der Waals surface area contributed by atoms with E-state index in [1.165, 1.54) is 6.08 Å². The number of ether oxygens (including phenoxy) is 1. The molecule has 19 heavy (non-hydrogen) atoms. The standard InChI is InChI=1S/C14H17NO4/c1-2-10-19-14(18)15-12(8-9-13(16)17)11-6-4-3-5-7-11/h2-7,12H,1,8-10H2,(H,15,18)(H,16,17). The van der Waals surface area contributed by atoms with Gasteiger partial charge >= 0.3 is 12.1 Å². The molecule has 1 amide bonds. The summed E-state index contributed by atoms with van der Waals surface area (Å²) in [6, 6.07) is 8.81. The Morgan fingerprint density at radius 2 is 2.05 bits per heavy atom. The molecular weight excluding hydrogens is 246 g/mol. The molecule has 0 heterocycles. The van der Waals surface area contributed by atoms with Crippen LogP contribution in [0.1, 0.15) is 24.4 Å². The minimum Gasteiger partial charge on any atom is -0.481 e. The maximum absolute atomic E-state index is 11.5. The minimum absolute atomic E-state index is 0.0265. The topological polar surface area (TPSA) is 75.6 Å². The average Bonchev–Trinajstić information content (AvgIpc) is 2.42. The van der Waals surface area contributed by atoms with E-state index >= 15 is 0 Å². The number of benzene rings is 1. The lowest BCUT2D eigenvalue weighted by molar-refractivity contribution is -0.137. The number of hydrogen-bond acceptors (Lipinski definition) is 3. The molecule has 0 aliphatic heterocycles. The number of hydrogen-bond donors (Lipinski definition) is 2. The van der Waals surface area contributed by atoms with Crippen LogP contribution in [-0.2, 0) is 9.53 Å². The van der Waals surface area contributed by atoms with Gasteiger partial charge in [0.1, 0.15) is 6.61 Å². The van der Waals surface area contributed by atoms with Crippen molar-refractivity contribution in [2.75, 3.05) is 6.61 Å². The van der Waals surface area contributed by atoms with E-state index in [1.54, 1.807) is 0 Å². The van der Waals surface area contributed by atoms with Gasteiger partial charge in [-0.2, -0.15) is 0 Å². The van der Waals surface area contributed by atoms with Gasteiger partial charge in [-0.1, -0.05) is 43.0 Å². The summed E-state index contributed by atoms with van der Waals surface area (Å²) in [6.07, 6.45) is 1.16. The largest absolute Gasteiger partial charge is 0.481 e. The third-order valence-electron chi connectivity index (χ3n) is 2.47. The maximum atomic E-state index is 11.5. The molecule has 2 N–H and O–H groups in total. The lowest BCUT2D eigenvalue weighted by Gasteiger charge is -2.18. The van der Waals surface area contributed by atoms with E-state index in [9.17, 15) is 9.59 Å². The number of aliphatic carboxylic acids is 1. The SMILES string of the molecule is C=CCOC(=O)NC(CCC(=O)O)c1ccccc1. The van der Waals surface area contributed by atoms with Crippen LogP contribution in [0.5, 0.6) is 0 Å². The molecule has 0 radical (unpaired) electrons. The molecule has 0 aromatic heterocycles. The minimum atomic E-state index is -0.901. The summed E-state index contributed by atoms with van der Waals surface area (Å²) >= 11 is 0. The predicted molar refractivity (Wildman–Crippen MR) is 70.7 cm³/mol. The molecule has 1 rings (SSSR count). The number of alkyl carbamates (subject to hydrolysis) is 1. The van der Waals surface area contributed by atoms with Crippen LogP contribution in [0.3, 0.4) is 0 Å². The van der Waals surface area contributed by atoms with Gasteiger partial charge in [-0.05, 0) is 12.0 Å². The number of carboxylic acid groups (broad SMARTS) is 1. The summed E-state index contributed by atoms with van der Waals surface area (Å²) in [5.74, 6) is -0.901. The van der Waals surface area contributed by atoms with Crippen molar-refractivity contribution in [2.24, 2.45) is 0 Å². The summed E-state index contributed by atoms with van der Waals surface area (Å²) in [7, 11) is 0. The van der Waals surface area contributed by atoms with Crippen LogP contribution < -0.4 is 5.32 Å². The summed E-state index contributed by atoms with van der Waals surface area (Å²) in [6.45, 7) is 3.56. The van der Waals surface area contributed by atoms with Gasteiger partial charge in [-0.25, -0.2) is 4.79 Å². The predicted octanol–water partition coefficient (Wildman–Crippen LogP) is 2.50. The molecule has 1 atom stereocenters.